The summed E-state index contributed by atoms with van der Waals surface area (Å²) in [5, 5.41) is 7.89. The molecule has 2 aromatic rings. The molecule has 1 aromatic carbocycles. The second kappa shape index (κ2) is 3.31. The number of hydrogen-bond donors (Lipinski definition) is 1. The minimum Gasteiger partial charge on any atom is -0.489 e. The van der Waals surface area contributed by atoms with Crippen LogP contribution in [-0.4, -0.2) is 16.8 Å². The number of benzene rings is 1. The minimum absolute atomic E-state index is 0.527. The molecular weight excluding hydrogens is 164 g/mol. The molecule has 0 fully saturated rings. The molecule has 66 valence electrons. The fraction of sp³-hybridized carbons (Fsp3) is 0.100. The second-order valence-electron chi connectivity index (χ2n) is 2.72. The first-order valence-corrected chi connectivity index (χ1v) is 4.07. The van der Waals surface area contributed by atoms with Crippen LogP contribution in [0, 0.1) is 0 Å². The predicted octanol–water partition coefficient (Wildman–Crippen LogP) is 2.13. The number of hydrogen-bond acceptors (Lipinski definition) is 2. The molecule has 0 atom stereocenters. The highest BCUT2D eigenvalue weighted by molar-refractivity contribution is 5.79. The van der Waals surface area contributed by atoms with Crippen LogP contribution in [0.3, 0.4) is 0 Å². The van der Waals surface area contributed by atoms with Gasteiger partial charge in [0.2, 0.25) is 0 Å². The summed E-state index contributed by atoms with van der Waals surface area (Å²) >= 11 is 0. The van der Waals surface area contributed by atoms with Crippen molar-refractivity contribution in [1.29, 1.82) is 0 Å². The maximum absolute atomic E-state index is 5.37. The molecular formula is C10H10N2O. The summed E-state index contributed by atoms with van der Waals surface area (Å²) in [6, 6.07) is 5.81. The molecule has 3 nitrogen and oxygen atoms in total. The van der Waals surface area contributed by atoms with Crippen LogP contribution in [-0.2, 0) is 0 Å². The van der Waals surface area contributed by atoms with Crippen LogP contribution in [0.5, 0.6) is 5.75 Å². The molecule has 0 spiro atoms. The van der Waals surface area contributed by atoms with Gasteiger partial charge >= 0.3 is 0 Å². The van der Waals surface area contributed by atoms with Gasteiger partial charge in [0.25, 0.3) is 0 Å². The van der Waals surface area contributed by atoms with E-state index in [2.05, 4.69) is 16.8 Å². The van der Waals surface area contributed by atoms with Crippen molar-refractivity contribution in [2.45, 2.75) is 0 Å². The summed E-state index contributed by atoms with van der Waals surface area (Å²) in [7, 11) is 0. The van der Waals surface area contributed by atoms with Crippen LogP contribution >= 0.6 is 0 Å². The Bertz CT molecular complexity index is 420. The number of fused-ring (bicyclic) bond motifs is 1. The standard InChI is InChI=1S/C10H10N2O/c1-2-5-13-9-4-3-8-7-11-12-10(8)6-9/h2-4,6-7H,1,5H2,(H,11,12). The number of H-pyrrole nitrogens is 1. The molecule has 3 heteroatoms. The lowest BCUT2D eigenvalue weighted by atomic mass is 10.2. The van der Waals surface area contributed by atoms with Crippen molar-refractivity contribution < 1.29 is 4.74 Å². The van der Waals surface area contributed by atoms with E-state index in [0.717, 1.165) is 16.7 Å². The largest absolute Gasteiger partial charge is 0.489 e. The molecule has 1 heterocycles. The van der Waals surface area contributed by atoms with Gasteiger partial charge in [0.1, 0.15) is 12.4 Å². The Balaban J connectivity index is 2.31. The molecule has 0 aliphatic rings. The van der Waals surface area contributed by atoms with E-state index in [1.54, 1.807) is 12.3 Å². The summed E-state index contributed by atoms with van der Waals surface area (Å²) in [4.78, 5) is 0. The van der Waals surface area contributed by atoms with Crippen molar-refractivity contribution in [2.75, 3.05) is 6.61 Å². The van der Waals surface area contributed by atoms with Crippen molar-refractivity contribution >= 4 is 10.9 Å². The molecule has 0 radical (unpaired) electrons. The zero-order chi connectivity index (χ0) is 9.10. The Morgan fingerprint density at radius 1 is 1.54 bits per heavy atom. The Labute approximate surface area is 76.0 Å². The number of aromatic nitrogens is 2. The third-order valence-corrected chi connectivity index (χ3v) is 1.78. The van der Waals surface area contributed by atoms with E-state index in [1.807, 2.05) is 18.2 Å². The summed E-state index contributed by atoms with van der Waals surface area (Å²) in [6.07, 6.45) is 3.50. The van der Waals surface area contributed by atoms with Gasteiger partial charge in [-0.15, -0.1) is 0 Å². The highest BCUT2D eigenvalue weighted by Crippen LogP contribution is 2.18. The summed E-state index contributed by atoms with van der Waals surface area (Å²) in [5.41, 5.74) is 0.988. The second-order valence-corrected chi connectivity index (χ2v) is 2.72. The first-order chi connectivity index (χ1) is 6.40. The fourth-order valence-electron chi connectivity index (χ4n) is 1.16. The maximum atomic E-state index is 5.37. The average Bonchev–Trinajstić information content (AvgIpc) is 2.61. The first-order valence-electron chi connectivity index (χ1n) is 4.07. The Kier molecular flexibility index (Phi) is 2.00. The average molecular weight is 174 g/mol. The molecule has 0 aliphatic heterocycles. The Morgan fingerprint density at radius 3 is 3.31 bits per heavy atom. The highest BCUT2D eigenvalue weighted by atomic mass is 16.5. The van der Waals surface area contributed by atoms with E-state index in [4.69, 9.17) is 4.74 Å². The monoisotopic (exact) mass is 174 g/mol. The van der Waals surface area contributed by atoms with Gasteiger partial charge in [-0.2, -0.15) is 5.10 Å². The summed E-state index contributed by atoms with van der Waals surface area (Å²) in [5.74, 6) is 0.830. The van der Waals surface area contributed by atoms with Crippen molar-refractivity contribution in [1.82, 2.24) is 10.2 Å². The molecule has 0 unspecified atom stereocenters. The van der Waals surface area contributed by atoms with E-state index < -0.39 is 0 Å². The smallest absolute Gasteiger partial charge is 0.121 e. The molecule has 1 N–H and O–H groups in total. The molecule has 0 bridgehead atoms. The summed E-state index contributed by atoms with van der Waals surface area (Å²) < 4.78 is 5.37. The van der Waals surface area contributed by atoms with E-state index in [1.165, 1.54) is 0 Å². The van der Waals surface area contributed by atoms with Crippen LogP contribution in [0.25, 0.3) is 10.9 Å². The van der Waals surface area contributed by atoms with E-state index in [0.29, 0.717) is 6.61 Å². The van der Waals surface area contributed by atoms with Crippen molar-refractivity contribution in [3.63, 3.8) is 0 Å². The third kappa shape index (κ3) is 1.54. The van der Waals surface area contributed by atoms with Gasteiger partial charge < -0.3 is 4.74 Å². The van der Waals surface area contributed by atoms with Gasteiger partial charge in [0.15, 0.2) is 0 Å². The molecule has 0 aliphatic carbocycles. The number of ether oxygens (including phenoxy) is 1. The van der Waals surface area contributed by atoms with Gasteiger partial charge in [0.05, 0.1) is 11.7 Å². The molecule has 1 aromatic heterocycles. The number of rotatable bonds is 3. The van der Waals surface area contributed by atoms with Crippen molar-refractivity contribution in [2.24, 2.45) is 0 Å². The Morgan fingerprint density at radius 2 is 2.46 bits per heavy atom. The Hall–Kier alpha value is -1.77. The van der Waals surface area contributed by atoms with Crippen LogP contribution in [0.15, 0.2) is 37.1 Å². The van der Waals surface area contributed by atoms with Crippen LogP contribution in [0.2, 0.25) is 0 Å². The highest BCUT2D eigenvalue weighted by Gasteiger charge is 1.97. The lowest BCUT2D eigenvalue weighted by Crippen LogP contribution is -1.91. The summed E-state index contributed by atoms with van der Waals surface area (Å²) in [6.45, 7) is 4.11. The molecule has 0 saturated carbocycles. The normalized spacial score (nSPS) is 10.2. The van der Waals surface area contributed by atoms with E-state index in [-0.39, 0.29) is 0 Å². The van der Waals surface area contributed by atoms with E-state index >= 15 is 0 Å². The SMILES string of the molecule is C=CCOc1ccc2cn[nH]c2c1. The lowest BCUT2D eigenvalue weighted by molar-refractivity contribution is 0.363. The van der Waals surface area contributed by atoms with Crippen molar-refractivity contribution in [3.8, 4) is 5.75 Å². The third-order valence-electron chi connectivity index (χ3n) is 1.78. The van der Waals surface area contributed by atoms with E-state index in [9.17, 15) is 0 Å². The van der Waals surface area contributed by atoms with Gasteiger partial charge in [-0.3, -0.25) is 5.10 Å². The molecule has 2 rings (SSSR count). The number of nitrogens with zero attached hydrogens (tertiary/aromatic N) is 1. The molecule has 0 amide bonds. The van der Waals surface area contributed by atoms with Gasteiger partial charge in [-0.1, -0.05) is 12.7 Å². The van der Waals surface area contributed by atoms with Crippen LogP contribution in [0.4, 0.5) is 0 Å². The number of nitrogens with one attached hydrogen (secondary N) is 1. The predicted molar refractivity (Wildman–Crippen MR) is 51.8 cm³/mol. The van der Waals surface area contributed by atoms with Gasteiger partial charge in [0, 0.05) is 11.5 Å². The quantitative estimate of drug-likeness (QED) is 0.724. The zero-order valence-corrected chi connectivity index (χ0v) is 7.16. The van der Waals surface area contributed by atoms with Crippen LogP contribution < -0.4 is 4.74 Å². The minimum atomic E-state index is 0.527. The van der Waals surface area contributed by atoms with Crippen LogP contribution in [0.1, 0.15) is 0 Å². The molecule has 13 heavy (non-hydrogen) atoms. The topological polar surface area (TPSA) is 37.9 Å². The zero-order valence-electron chi connectivity index (χ0n) is 7.16. The van der Waals surface area contributed by atoms with Gasteiger partial charge in [-0.25, -0.2) is 0 Å². The van der Waals surface area contributed by atoms with Gasteiger partial charge in [-0.05, 0) is 12.1 Å². The molecule has 0 saturated heterocycles. The maximum Gasteiger partial charge on any atom is 0.121 e. The van der Waals surface area contributed by atoms with Crippen molar-refractivity contribution in [3.05, 3.63) is 37.1 Å². The number of aromatic amines is 1. The fourth-order valence-corrected chi connectivity index (χ4v) is 1.16. The lowest BCUT2D eigenvalue weighted by Gasteiger charge is -2.01. The first kappa shape index (κ1) is 7.86.